The number of ether oxygens (including phenoxy) is 1. The molecule has 0 unspecified atom stereocenters. The maximum Gasteiger partial charge on any atom is 0.422 e. The van der Waals surface area contributed by atoms with Crippen LogP contribution in [0.25, 0.3) is 0 Å². The van der Waals surface area contributed by atoms with Crippen molar-refractivity contribution in [2.75, 3.05) is 6.61 Å². The van der Waals surface area contributed by atoms with Crippen molar-refractivity contribution >= 4 is 15.9 Å². The van der Waals surface area contributed by atoms with E-state index in [0.717, 1.165) is 0 Å². The molecule has 0 saturated heterocycles. The molecular weight excluding hydrogens is 277 g/mol. The van der Waals surface area contributed by atoms with Crippen molar-refractivity contribution in [1.29, 1.82) is 0 Å². The van der Waals surface area contributed by atoms with Crippen LogP contribution in [0.3, 0.4) is 0 Å². The number of hydrogen-bond acceptors (Lipinski definition) is 2. The van der Waals surface area contributed by atoms with Crippen LogP contribution < -0.4 is 4.74 Å². The zero-order valence-corrected chi connectivity index (χ0v) is 9.10. The third kappa shape index (κ3) is 4.09. The molecule has 0 aromatic heterocycles. The van der Waals surface area contributed by atoms with Crippen LogP contribution in [0.5, 0.6) is 5.75 Å². The third-order valence-corrected chi connectivity index (χ3v) is 2.08. The van der Waals surface area contributed by atoms with Gasteiger partial charge in [0.15, 0.2) is 6.61 Å². The molecule has 0 heterocycles. The van der Waals surface area contributed by atoms with Gasteiger partial charge in [-0.1, -0.05) is 22.0 Å². The molecule has 1 N–H and O–H groups in total. The van der Waals surface area contributed by atoms with E-state index in [1.54, 1.807) is 6.07 Å². The molecule has 0 aliphatic heterocycles. The lowest BCUT2D eigenvalue weighted by molar-refractivity contribution is -0.153. The molecule has 0 radical (unpaired) electrons. The van der Waals surface area contributed by atoms with Crippen molar-refractivity contribution < 1.29 is 23.0 Å². The van der Waals surface area contributed by atoms with Gasteiger partial charge in [0, 0.05) is 10.0 Å². The van der Waals surface area contributed by atoms with Gasteiger partial charge in [0.25, 0.3) is 0 Å². The number of rotatable bonds is 3. The number of hydrogen-bond donors (Lipinski definition) is 1. The maximum atomic E-state index is 11.9. The van der Waals surface area contributed by atoms with Gasteiger partial charge in [0.2, 0.25) is 0 Å². The van der Waals surface area contributed by atoms with Crippen molar-refractivity contribution in [3.63, 3.8) is 0 Å². The molecule has 0 saturated carbocycles. The molecule has 2 nitrogen and oxygen atoms in total. The van der Waals surface area contributed by atoms with E-state index < -0.39 is 12.8 Å². The molecule has 84 valence electrons. The SMILES string of the molecule is OCc1ccc(Br)cc1OCC(F)(F)F. The second-order valence-electron chi connectivity index (χ2n) is 2.81. The summed E-state index contributed by atoms with van der Waals surface area (Å²) in [5.41, 5.74) is 0.322. The minimum Gasteiger partial charge on any atom is -0.484 e. The van der Waals surface area contributed by atoms with Crippen LogP contribution in [0.4, 0.5) is 13.2 Å². The molecule has 1 aromatic rings. The van der Waals surface area contributed by atoms with Crippen molar-refractivity contribution in [3.05, 3.63) is 28.2 Å². The third-order valence-electron chi connectivity index (χ3n) is 1.59. The normalized spacial score (nSPS) is 11.5. The Labute approximate surface area is 92.8 Å². The van der Waals surface area contributed by atoms with Crippen LogP contribution in [-0.2, 0) is 6.61 Å². The maximum absolute atomic E-state index is 11.9. The fraction of sp³-hybridized carbons (Fsp3) is 0.333. The van der Waals surface area contributed by atoms with Gasteiger partial charge >= 0.3 is 6.18 Å². The highest BCUT2D eigenvalue weighted by atomic mass is 79.9. The second kappa shape index (κ2) is 4.85. The van der Waals surface area contributed by atoms with Crippen LogP contribution in [0.15, 0.2) is 22.7 Å². The van der Waals surface area contributed by atoms with Crippen molar-refractivity contribution in [2.24, 2.45) is 0 Å². The molecule has 0 aliphatic rings. The van der Waals surface area contributed by atoms with Gasteiger partial charge < -0.3 is 9.84 Å². The van der Waals surface area contributed by atoms with Gasteiger partial charge in [-0.05, 0) is 12.1 Å². The largest absolute Gasteiger partial charge is 0.484 e. The molecule has 1 rings (SSSR count). The first-order valence-electron chi connectivity index (χ1n) is 4.01. The lowest BCUT2D eigenvalue weighted by Crippen LogP contribution is -2.19. The molecular formula is C9H8BrF3O2. The van der Waals surface area contributed by atoms with Crippen LogP contribution >= 0.6 is 15.9 Å². The fourth-order valence-electron chi connectivity index (χ4n) is 0.953. The van der Waals surface area contributed by atoms with Crippen LogP contribution in [0, 0.1) is 0 Å². The van der Waals surface area contributed by atoms with Gasteiger partial charge in [-0.2, -0.15) is 13.2 Å². The number of aliphatic hydroxyl groups is 1. The standard InChI is InChI=1S/C9H8BrF3O2/c10-7-2-1-6(4-14)8(3-7)15-5-9(11,12)13/h1-3,14H,4-5H2. The Morgan fingerprint density at radius 1 is 1.33 bits per heavy atom. The van der Waals surface area contributed by atoms with Crippen LogP contribution in [-0.4, -0.2) is 17.9 Å². The van der Waals surface area contributed by atoms with E-state index in [1.807, 2.05) is 0 Å². The molecule has 15 heavy (non-hydrogen) atoms. The Morgan fingerprint density at radius 3 is 2.53 bits per heavy atom. The summed E-state index contributed by atoms with van der Waals surface area (Å²) in [7, 11) is 0. The molecule has 0 amide bonds. The highest BCUT2D eigenvalue weighted by Crippen LogP contribution is 2.25. The summed E-state index contributed by atoms with van der Waals surface area (Å²) in [6.07, 6.45) is -4.38. The fourth-order valence-corrected chi connectivity index (χ4v) is 1.29. The van der Waals surface area contributed by atoms with E-state index in [0.29, 0.717) is 10.0 Å². The highest BCUT2D eigenvalue weighted by Gasteiger charge is 2.28. The minimum atomic E-state index is -4.38. The Balaban J connectivity index is 2.79. The summed E-state index contributed by atoms with van der Waals surface area (Å²) < 4.78 is 40.8. The number of alkyl halides is 3. The van der Waals surface area contributed by atoms with E-state index in [9.17, 15) is 13.2 Å². The Kier molecular flexibility index (Phi) is 3.98. The average molecular weight is 285 g/mol. The first-order valence-corrected chi connectivity index (χ1v) is 4.80. The number of aliphatic hydroxyl groups excluding tert-OH is 1. The number of benzene rings is 1. The second-order valence-corrected chi connectivity index (χ2v) is 3.73. The lowest BCUT2D eigenvalue weighted by atomic mass is 10.2. The van der Waals surface area contributed by atoms with Gasteiger partial charge in [-0.15, -0.1) is 0 Å². The molecule has 0 aliphatic carbocycles. The summed E-state index contributed by atoms with van der Waals surface area (Å²) in [6.45, 7) is -1.73. The monoisotopic (exact) mass is 284 g/mol. The zero-order valence-electron chi connectivity index (χ0n) is 7.51. The summed E-state index contributed by atoms with van der Waals surface area (Å²) in [4.78, 5) is 0. The minimum absolute atomic E-state index is 0.0317. The lowest BCUT2D eigenvalue weighted by Gasteiger charge is -2.12. The van der Waals surface area contributed by atoms with Gasteiger partial charge in [0.05, 0.1) is 6.61 Å². The van der Waals surface area contributed by atoms with E-state index in [1.165, 1.54) is 12.1 Å². The summed E-state index contributed by atoms with van der Waals surface area (Å²) >= 11 is 3.10. The average Bonchev–Trinajstić information content (AvgIpc) is 2.14. The highest BCUT2D eigenvalue weighted by molar-refractivity contribution is 9.10. The van der Waals surface area contributed by atoms with E-state index in [4.69, 9.17) is 5.11 Å². The zero-order chi connectivity index (χ0) is 11.5. The van der Waals surface area contributed by atoms with E-state index in [-0.39, 0.29) is 12.4 Å². The van der Waals surface area contributed by atoms with Crippen LogP contribution in [0.2, 0.25) is 0 Å². The van der Waals surface area contributed by atoms with Crippen molar-refractivity contribution in [3.8, 4) is 5.75 Å². The smallest absolute Gasteiger partial charge is 0.422 e. The molecule has 0 bridgehead atoms. The predicted molar refractivity (Wildman–Crippen MR) is 51.6 cm³/mol. The molecule has 0 atom stereocenters. The number of halogens is 4. The first kappa shape index (κ1) is 12.3. The van der Waals surface area contributed by atoms with E-state index in [2.05, 4.69) is 20.7 Å². The summed E-state index contributed by atoms with van der Waals surface area (Å²) in [6, 6.07) is 4.50. The Morgan fingerprint density at radius 2 is 2.00 bits per heavy atom. The Hall–Kier alpha value is -0.750. The topological polar surface area (TPSA) is 29.5 Å². The van der Waals surface area contributed by atoms with Crippen molar-refractivity contribution in [2.45, 2.75) is 12.8 Å². The first-order chi connectivity index (χ1) is 6.92. The molecule has 1 aromatic carbocycles. The van der Waals surface area contributed by atoms with Crippen molar-refractivity contribution in [1.82, 2.24) is 0 Å². The van der Waals surface area contributed by atoms with Crippen LogP contribution in [0.1, 0.15) is 5.56 Å². The molecule has 6 heteroatoms. The quantitative estimate of drug-likeness (QED) is 0.925. The predicted octanol–water partition coefficient (Wildman–Crippen LogP) is 2.88. The summed E-state index contributed by atoms with van der Waals surface area (Å²) in [5, 5.41) is 8.86. The van der Waals surface area contributed by atoms with Gasteiger partial charge in [-0.25, -0.2) is 0 Å². The summed E-state index contributed by atoms with van der Waals surface area (Å²) in [5.74, 6) is 0.0317. The van der Waals surface area contributed by atoms with Gasteiger partial charge in [0.1, 0.15) is 5.75 Å². The molecule has 0 spiro atoms. The molecule has 0 fully saturated rings. The van der Waals surface area contributed by atoms with E-state index >= 15 is 0 Å². The van der Waals surface area contributed by atoms with Gasteiger partial charge in [-0.3, -0.25) is 0 Å². The Bertz CT molecular complexity index is 339.